The van der Waals surface area contributed by atoms with Crippen molar-refractivity contribution in [2.75, 3.05) is 5.32 Å². The molecule has 0 unspecified atom stereocenters. The number of aliphatic carboxylic acids is 1. The van der Waals surface area contributed by atoms with Gasteiger partial charge in [-0.15, -0.1) is 0 Å². The summed E-state index contributed by atoms with van der Waals surface area (Å²) in [7, 11) is 0. The van der Waals surface area contributed by atoms with Crippen LogP contribution < -0.4 is 67.1 Å². The average Bonchev–Trinajstić information content (AvgIpc) is 3.19. The Morgan fingerprint density at radius 3 is 2.49 bits per heavy atom. The molecule has 7 nitrogen and oxygen atoms in total. The zero-order valence-corrected chi connectivity index (χ0v) is 21.8. The minimum atomic E-state index is -1.69. The van der Waals surface area contributed by atoms with Gasteiger partial charge in [-0.25, -0.2) is 22.9 Å². The summed E-state index contributed by atoms with van der Waals surface area (Å²) in [5, 5.41) is 15.7. The average molecular weight is 508 g/mol. The van der Waals surface area contributed by atoms with E-state index in [-0.39, 0.29) is 68.5 Å². The normalized spacial score (nSPS) is 11.5. The fourth-order valence-electron chi connectivity index (χ4n) is 3.33. The summed E-state index contributed by atoms with van der Waals surface area (Å²) >= 11 is 0. The first-order chi connectivity index (χ1) is 16.2. The Hall–Kier alpha value is -2.70. The van der Waals surface area contributed by atoms with Gasteiger partial charge in [0.15, 0.2) is 5.58 Å². The van der Waals surface area contributed by atoms with Crippen molar-refractivity contribution in [1.29, 1.82) is 0 Å². The molecule has 0 radical (unpaired) electrons. The number of anilines is 1. The second-order valence-electron chi connectivity index (χ2n) is 7.59. The number of carbonyl (C=O) groups excluding carboxylic acids is 2. The van der Waals surface area contributed by atoms with E-state index in [0.717, 1.165) is 23.8 Å². The first-order valence-electron chi connectivity index (χ1n) is 10.1. The van der Waals surface area contributed by atoms with Crippen LogP contribution in [0.3, 0.4) is 0 Å². The summed E-state index contributed by atoms with van der Waals surface area (Å²) in [6, 6.07) is 9.19. The maximum Gasteiger partial charge on any atom is 1.00 e. The molecule has 1 heterocycles. The van der Waals surface area contributed by atoms with Gasteiger partial charge in [0, 0.05) is 18.1 Å². The summed E-state index contributed by atoms with van der Waals surface area (Å²) in [6.07, 6.45) is -0.500. The summed E-state index contributed by atoms with van der Waals surface area (Å²) in [4.78, 5) is 28.0. The Kier molecular flexibility index (Phi) is 8.73. The van der Waals surface area contributed by atoms with Gasteiger partial charge < -0.3 is 25.0 Å². The van der Waals surface area contributed by atoms with Crippen LogP contribution >= 0.6 is 0 Å². The van der Waals surface area contributed by atoms with Crippen LogP contribution in [-0.4, -0.2) is 23.0 Å². The number of hydrogen-bond donors (Lipinski definition) is 2. The van der Waals surface area contributed by atoms with Gasteiger partial charge in [-0.1, -0.05) is 12.1 Å². The Labute approximate surface area is 240 Å². The SMILES string of the molecule is Cc1ccc2oc(-c3ccc(NC(=O)N[C@@H](Cc4ccc(F)cc4F)C(=O)[O-])c(F)c3)nc2c1.[K+]. The van der Waals surface area contributed by atoms with Crippen LogP contribution in [0.4, 0.5) is 23.7 Å². The summed E-state index contributed by atoms with van der Waals surface area (Å²) in [5.41, 5.74) is 2.09. The smallest absolute Gasteiger partial charge is 0.548 e. The number of aromatic nitrogens is 1. The number of nitrogens with one attached hydrogen (secondary N) is 2. The number of hydrogen-bond acceptors (Lipinski definition) is 5. The van der Waals surface area contributed by atoms with Gasteiger partial charge in [-0.05, 0) is 54.4 Å². The molecular weight excluding hydrogens is 490 g/mol. The third kappa shape index (κ3) is 6.50. The minimum absolute atomic E-state index is 0. The topological polar surface area (TPSA) is 107 Å². The molecule has 1 aromatic heterocycles. The van der Waals surface area contributed by atoms with E-state index in [1.165, 1.54) is 12.1 Å². The van der Waals surface area contributed by atoms with Crippen LogP contribution in [0.2, 0.25) is 0 Å². The zero-order valence-electron chi connectivity index (χ0n) is 18.7. The number of rotatable bonds is 6. The van der Waals surface area contributed by atoms with Gasteiger partial charge in [-0.3, -0.25) is 0 Å². The van der Waals surface area contributed by atoms with Crippen molar-refractivity contribution in [3.05, 3.63) is 83.2 Å². The number of fused-ring (bicyclic) bond motifs is 1. The number of nitrogens with zero attached hydrogens (tertiary/aromatic N) is 1. The van der Waals surface area contributed by atoms with Crippen LogP contribution in [0, 0.1) is 24.4 Å². The van der Waals surface area contributed by atoms with Crippen molar-refractivity contribution in [1.82, 2.24) is 10.3 Å². The Morgan fingerprint density at radius 1 is 1.03 bits per heavy atom. The van der Waals surface area contributed by atoms with Gasteiger partial charge in [0.05, 0.1) is 17.7 Å². The molecule has 3 aromatic carbocycles. The summed E-state index contributed by atoms with van der Waals surface area (Å²) in [5.74, 6) is -4.12. The molecule has 0 saturated carbocycles. The van der Waals surface area contributed by atoms with Crippen molar-refractivity contribution >= 4 is 28.8 Å². The number of carbonyl (C=O) groups is 2. The second-order valence-corrected chi connectivity index (χ2v) is 7.59. The summed E-state index contributed by atoms with van der Waals surface area (Å²) in [6.45, 7) is 1.90. The molecule has 2 amide bonds. The van der Waals surface area contributed by atoms with E-state index >= 15 is 0 Å². The molecule has 174 valence electrons. The Morgan fingerprint density at radius 2 is 1.80 bits per heavy atom. The molecule has 0 aliphatic carbocycles. The van der Waals surface area contributed by atoms with Crippen molar-refractivity contribution in [2.45, 2.75) is 19.4 Å². The largest absolute Gasteiger partial charge is 1.00 e. The molecule has 0 aliphatic rings. The molecule has 0 aliphatic heterocycles. The van der Waals surface area contributed by atoms with E-state index in [0.29, 0.717) is 22.7 Å². The van der Waals surface area contributed by atoms with E-state index in [9.17, 15) is 27.9 Å². The number of urea groups is 1. The van der Waals surface area contributed by atoms with E-state index in [4.69, 9.17) is 4.42 Å². The number of carboxylic acids is 1. The number of halogens is 3. The fourth-order valence-corrected chi connectivity index (χ4v) is 3.33. The Bertz CT molecular complexity index is 1410. The van der Waals surface area contributed by atoms with E-state index in [1.54, 1.807) is 6.07 Å². The Balaban J connectivity index is 0.00000342. The van der Waals surface area contributed by atoms with Crippen LogP contribution in [0.5, 0.6) is 0 Å². The first-order valence-corrected chi connectivity index (χ1v) is 10.1. The molecule has 0 fully saturated rings. The van der Waals surface area contributed by atoms with Crippen LogP contribution in [-0.2, 0) is 11.2 Å². The zero-order chi connectivity index (χ0) is 24.4. The van der Waals surface area contributed by atoms with Gasteiger partial charge in [0.2, 0.25) is 5.89 Å². The molecule has 2 N–H and O–H groups in total. The third-order valence-corrected chi connectivity index (χ3v) is 5.04. The van der Waals surface area contributed by atoms with Crippen LogP contribution in [0.25, 0.3) is 22.6 Å². The second kappa shape index (κ2) is 11.4. The van der Waals surface area contributed by atoms with Crippen LogP contribution in [0.1, 0.15) is 11.1 Å². The van der Waals surface area contributed by atoms with Gasteiger partial charge in [-0.2, -0.15) is 0 Å². The first kappa shape index (κ1) is 26.9. The summed E-state index contributed by atoms with van der Waals surface area (Å²) < 4.78 is 47.1. The molecule has 35 heavy (non-hydrogen) atoms. The molecular formula is C24H17F3KN3O4. The molecule has 0 saturated heterocycles. The molecule has 4 aromatic rings. The molecule has 0 bridgehead atoms. The number of carboxylic acid groups (broad SMARTS) is 1. The number of aryl methyl sites for hydroxylation is 1. The van der Waals surface area contributed by atoms with Crippen molar-refractivity contribution in [3.8, 4) is 11.5 Å². The standard InChI is InChI=1S/C24H18F3N3O4.K/c1-12-2-7-21-19(8-12)28-22(34-21)14-4-6-18(17(27)9-14)29-24(33)30-20(23(31)32)10-13-3-5-15(25)11-16(13)26;/h2-9,11,20H,10H2,1H3,(H,31,32)(H2,29,30,33);/q;+1/p-1/t20-;/m0./s1. The maximum atomic E-state index is 14.6. The van der Waals surface area contributed by atoms with Crippen molar-refractivity contribution in [2.24, 2.45) is 0 Å². The van der Waals surface area contributed by atoms with Crippen LogP contribution in [0.15, 0.2) is 59.0 Å². The monoisotopic (exact) mass is 507 g/mol. The predicted molar refractivity (Wildman–Crippen MR) is 115 cm³/mol. The van der Waals surface area contributed by atoms with E-state index in [2.05, 4.69) is 15.6 Å². The van der Waals surface area contributed by atoms with Gasteiger partial charge in [0.25, 0.3) is 0 Å². The van der Waals surface area contributed by atoms with E-state index < -0.39 is 41.9 Å². The van der Waals surface area contributed by atoms with Gasteiger partial charge in [0.1, 0.15) is 23.0 Å². The predicted octanol–water partition coefficient (Wildman–Crippen LogP) is 0.707. The number of oxazole rings is 1. The maximum absolute atomic E-state index is 14.6. The molecule has 4 rings (SSSR count). The minimum Gasteiger partial charge on any atom is -0.548 e. The van der Waals surface area contributed by atoms with Gasteiger partial charge >= 0.3 is 57.4 Å². The molecule has 0 spiro atoms. The van der Waals surface area contributed by atoms with Crippen molar-refractivity contribution < 1.29 is 83.7 Å². The van der Waals surface area contributed by atoms with E-state index in [1.807, 2.05) is 19.1 Å². The van der Waals surface area contributed by atoms with Crippen molar-refractivity contribution in [3.63, 3.8) is 0 Å². The molecule has 11 heteroatoms. The molecule has 1 atom stereocenters. The fraction of sp³-hybridized carbons (Fsp3) is 0.125. The third-order valence-electron chi connectivity index (χ3n) is 5.04. The number of benzene rings is 3. The quantitative estimate of drug-likeness (QED) is 0.374. The number of amides is 2.